The van der Waals surface area contributed by atoms with Crippen molar-refractivity contribution in [3.8, 4) is 22.3 Å². The predicted octanol–water partition coefficient (Wildman–Crippen LogP) is 5.08. The number of benzene rings is 3. The Balaban J connectivity index is 1.54. The maximum atomic E-state index is 11.6. The Morgan fingerprint density at radius 1 is 0.839 bits per heavy atom. The first-order chi connectivity index (χ1) is 14.9. The van der Waals surface area contributed by atoms with Crippen molar-refractivity contribution in [1.82, 2.24) is 9.80 Å². The van der Waals surface area contributed by atoms with Crippen molar-refractivity contribution in [3.05, 3.63) is 82.9 Å². The molecule has 3 aromatic carbocycles. The van der Waals surface area contributed by atoms with Gasteiger partial charge >= 0.3 is 5.97 Å². The van der Waals surface area contributed by atoms with Gasteiger partial charge in [0.2, 0.25) is 0 Å². The van der Waals surface area contributed by atoms with Crippen LogP contribution in [-0.2, 0) is 6.54 Å². The van der Waals surface area contributed by atoms with E-state index < -0.39 is 5.97 Å². The highest BCUT2D eigenvalue weighted by atomic mass is 16.4. The maximum absolute atomic E-state index is 11.6. The zero-order chi connectivity index (χ0) is 22.0. The summed E-state index contributed by atoms with van der Waals surface area (Å²) in [7, 11) is 2.18. The minimum atomic E-state index is -0.878. The van der Waals surface area contributed by atoms with Crippen LogP contribution in [-0.4, -0.2) is 54.1 Å². The van der Waals surface area contributed by atoms with E-state index >= 15 is 0 Å². The lowest BCUT2D eigenvalue weighted by atomic mass is 9.94. The van der Waals surface area contributed by atoms with Crippen LogP contribution in [0.1, 0.15) is 27.0 Å². The molecule has 0 bridgehead atoms. The lowest BCUT2D eigenvalue weighted by molar-refractivity contribution is 0.0696. The quantitative estimate of drug-likeness (QED) is 0.632. The zero-order valence-electron chi connectivity index (χ0n) is 18.6. The molecule has 0 amide bonds. The summed E-state index contributed by atoms with van der Waals surface area (Å²) in [6.07, 6.45) is 0. The number of aromatic carboxylic acids is 1. The molecule has 1 fully saturated rings. The topological polar surface area (TPSA) is 43.8 Å². The summed E-state index contributed by atoms with van der Waals surface area (Å²) < 4.78 is 0. The molecule has 0 aromatic heterocycles. The van der Waals surface area contributed by atoms with Crippen molar-refractivity contribution in [3.63, 3.8) is 0 Å². The molecule has 0 spiro atoms. The molecule has 0 atom stereocenters. The molecule has 160 valence electrons. The number of hydrogen-bond donors (Lipinski definition) is 1. The summed E-state index contributed by atoms with van der Waals surface area (Å²) in [6, 6.07) is 21.0. The molecular weight excluding hydrogens is 384 g/mol. The van der Waals surface area contributed by atoms with E-state index in [4.69, 9.17) is 0 Å². The number of nitrogens with zero attached hydrogens (tertiary/aromatic N) is 2. The van der Waals surface area contributed by atoms with Gasteiger partial charge in [0.15, 0.2) is 0 Å². The molecule has 1 heterocycles. The van der Waals surface area contributed by atoms with E-state index in [0.29, 0.717) is 5.56 Å². The lowest BCUT2D eigenvalue weighted by Gasteiger charge is -2.32. The molecule has 3 aromatic rings. The molecule has 1 aliphatic rings. The SMILES string of the molecule is Cc1cc(-c2ccc(-c3cccc(CN4CCN(C)CC4)c3)cc2)cc(C(=O)O)c1C. The molecule has 4 heteroatoms. The van der Waals surface area contributed by atoms with Crippen LogP contribution >= 0.6 is 0 Å². The van der Waals surface area contributed by atoms with E-state index in [-0.39, 0.29) is 0 Å². The Hall–Kier alpha value is -2.95. The Morgan fingerprint density at radius 3 is 2.13 bits per heavy atom. The number of carboxylic acids is 1. The van der Waals surface area contributed by atoms with Crippen molar-refractivity contribution in [1.29, 1.82) is 0 Å². The van der Waals surface area contributed by atoms with Gasteiger partial charge in [-0.2, -0.15) is 0 Å². The summed E-state index contributed by atoms with van der Waals surface area (Å²) in [6.45, 7) is 9.30. The highest BCUT2D eigenvalue weighted by molar-refractivity contribution is 5.91. The van der Waals surface area contributed by atoms with Gasteiger partial charge in [-0.25, -0.2) is 4.79 Å². The third-order valence-corrected chi connectivity index (χ3v) is 6.38. The Kier molecular flexibility index (Phi) is 6.21. The zero-order valence-corrected chi connectivity index (χ0v) is 18.6. The van der Waals surface area contributed by atoms with Gasteiger partial charge in [-0.05, 0) is 72.0 Å². The van der Waals surface area contributed by atoms with Crippen molar-refractivity contribution < 1.29 is 9.90 Å². The van der Waals surface area contributed by atoms with E-state index in [2.05, 4.69) is 71.4 Å². The number of aryl methyl sites for hydroxylation is 1. The van der Waals surface area contributed by atoms with Crippen molar-refractivity contribution >= 4 is 5.97 Å². The summed E-state index contributed by atoms with van der Waals surface area (Å²) in [5.74, 6) is -0.878. The first-order valence-electron chi connectivity index (χ1n) is 10.9. The molecule has 4 nitrogen and oxygen atoms in total. The molecule has 1 N–H and O–H groups in total. The molecule has 1 saturated heterocycles. The number of piperazine rings is 1. The van der Waals surface area contributed by atoms with Gasteiger partial charge in [-0.3, -0.25) is 4.90 Å². The number of likely N-dealkylation sites (N-methyl/N-ethyl adjacent to an activating group) is 1. The van der Waals surface area contributed by atoms with Gasteiger partial charge in [-0.15, -0.1) is 0 Å². The fourth-order valence-electron chi connectivity index (χ4n) is 4.22. The lowest BCUT2D eigenvalue weighted by Crippen LogP contribution is -2.43. The van der Waals surface area contributed by atoms with Crippen LogP contribution in [0.5, 0.6) is 0 Å². The molecular formula is C27H30N2O2. The monoisotopic (exact) mass is 414 g/mol. The Bertz CT molecular complexity index is 1080. The number of rotatable bonds is 5. The molecule has 0 aliphatic carbocycles. The normalized spacial score (nSPS) is 15.2. The van der Waals surface area contributed by atoms with Crippen LogP contribution in [0.4, 0.5) is 0 Å². The average molecular weight is 415 g/mol. The van der Waals surface area contributed by atoms with Gasteiger partial charge in [0.25, 0.3) is 0 Å². The van der Waals surface area contributed by atoms with Crippen LogP contribution in [0.2, 0.25) is 0 Å². The molecule has 31 heavy (non-hydrogen) atoms. The van der Waals surface area contributed by atoms with Gasteiger partial charge in [-0.1, -0.05) is 48.5 Å². The number of hydrogen-bond acceptors (Lipinski definition) is 3. The van der Waals surface area contributed by atoms with E-state index in [9.17, 15) is 9.90 Å². The minimum Gasteiger partial charge on any atom is -0.478 e. The minimum absolute atomic E-state index is 0.371. The van der Waals surface area contributed by atoms with E-state index in [1.54, 1.807) is 6.07 Å². The number of carbonyl (C=O) groups is 1. The van der Waals surface area contributed by atoms with Crippen molar-refractivity contribution in [2.45, 2.75) is 20.4 Å². The predicted molar refractivity (Wildman–Crippen MR) is 127 cm³/mol. The second-order valence-electron chi connectivity index (χ2n) is 8.63. The highest BCUT2D eigenvalue weighted by Crippen LogP contribution is 2.28. The van der Waals surface area contributed by atoms with Gasteiger partial charge in [0, 0.05) is 32.7 Å². The van der Waals surface area contributed by atoms with Crippen LogP contribution in [0.3, 0.4) is 0 Å². The third-order valence-electron chi connectivity index (χ3n) is 6.38. The second-order valence-corrected chi connectivity index (χ2v) is 8.63. The second kappa shape index (κ2) is 9.04. The van der Waals surface area contributed by atoms with Crippen LogP contribution in [0.25, 0.3) is 22.3 Å². The summed E-state index contributed by atoms with van der Waals surface area (Å²) in [5.41, 5.74) is 7.89. The molecule has 0 radical (unpaired) electrons. The van der Waals surface area contributed by atoms with Crippen molar-refractivity contribution in [2.75, 3.05) is 33.2 Å². The average Bonchev–Trinajstić information content (AvgIpc) is 2.77. The smallest absolute Gasteiger partial charge is 0.335 e. The molecule has 4 rings (SSSR count). The maximum Gasteiger partial charge on any atom is 0.335 e. The molecule has 0 saturated carbocycles. The van der Waals surface area contributed by atoms with Crippen LogP contribution < -0.4 is 0 Å². The fraction of sp³-hybridized carbons (Fsp3) is 0.296. The number of carboxylic acid groups (broad SMARTS) is 1. The van der Waals surface area contributed by atoms with Crippen LogP contribution in [0.15, 0.2) is 60.7 Å². The third kappa shape index (κ3) is 4.87. The molecule has 0 unspecified atom stereocenters. The van der Waals surface area contributed by atoms with Crippen LogP contribution in [0, 0.1) is 13.8 Å². The van der Waals surface area contributed by atoms with E-state index in [1.165, 1.54) is 16.7 Å². The Morgan fingerprint density at radius 2 is 1.48 bits per heavy atom. The molecule has 1 aliphatic heterocycles. The van der Waals surface area contributed by atoms with Gasteiger partial charge in [0.1, 0.15) is 0 Å². The van der Waals surface area contributed by atoms with Gasteiger partial charge in [0.05, 0.1) is 5.56 Å². The Labute approximate surface area is 184 Å². The summed E-state index contributed by atoms with van der Waals surface area (Å²) >= 11 is 0. The van der Waals surface area contributed by atoms with E-state index in [0.717, 1.165) is 55.0 Å². The van der Waals surface area contributed by atoms with Crippen molar-refractivity contribution in [2.24, 2.45) is 0 Å². The first-order valence-corrected chi connectivity index (χ1v) is 10.9. The largest absolute Gasteiger partial charge is 0.478 e. The van der Waals surface area contributed by atoms with Gasteiger partial charge < -0.3 is 10.0 Å². The fourth-order valence-corrected chi connectivity index (χ4v) is 4.22. The van der Waals surface area contributed by atoms with E-state index in [1.807, 2.05) is 13.8 Å². The highest BCUT2D eigenvalue weighted by Gasteiger charge is 2.14. The standard InChI is InChI=1S/C27H30N2O2/c1-19-15-25(17-26(20(19)2)27(30)31)23-9-7-22(8-10-23)24-6-4-5-21(16-24)18-29-13-11-28(3)12-14-29/h4-10,15-17H,11-14,18H2,1-3H3,(H,30,31). The first kappa shape index (κ1) is 21.3. The summed E-state index contributed by atoms with van der Waals surface area (Å²) in [5, 5.41) is 9.50. The summed E-state index contributed by atoms with van der Waals surface area (Å²) in [4.78, 5) is 16.5.